The number of amides is 4. The molecule has 0 heterocycles. The van der Waals surface area contributed by atoms with Gasteiger partial charge in [-0.1, -0.05) is 30.3 Å². The first-order chi connectivity index (χ1) is 17.0. The van der Waals surface area contributed by atoms with Crippen LogP contribution in [0.3, 0.4) is 0 Å². The van der Waals surface area contributed by atoms with Gasteiger partial charge in [0, 0.05) is 6.42 Å². The summed E-state index contributed by atoms with van der Waals surface area (Å²) in [5.74, 6) is -4.71. The van der Waals surface area contributed by atoms with E-state index in [0.29, 0.717) is 24.9 Å². The molecular weight excluding hydrogens is 472 g/mol. The molecule has 4 amide bonds. The summed E-state index contributed by atoms with van der Waals surface area (Å²) in [4.78, 5) is 61.2. The van der Waals surface area contributed by atoms with E-state index in [0.717, 1.165) is 0 Å². The summed E-state index contributed by atoms with van der Waals surface area (Å²) in [6.45, 7) is 1.70. The lowest BCUT2D eigenvalue weighted by Gasteiger charge is -2.25. The number of hydrogen-bond acceptors (Lipinski definition) is 8. The van der Waals surface area contributed by atoms with E-state index >= 15 is 0 Å². The summed E-state index contributed by atoms with van der Waals surface area (Å²) in [6.07, 6.45) is -0.564. The van der Waals surface area contributed by atoms with Crippen LogP contribution in [-0.2, 0) is 30.4 Å². The van der Waals surface area contributed by atoms with E-state index in [9.17, 15) is 34.2 Å². The van der Waals surface area contributed by atoms with Crippen molar-refractivity contribution in [2.45, 2.75) is 69.3 Å². The number of primary amides is 1. The van der Waals surface area contributed by atoms with Gasteiger partial charge in [-0.25, -0.2) is 4.79 Å². The molecule has 13 heteroatoms. The van der Waals surface area contributed by atoms with E-state index in [1.807, 2.05) is 0 Å². The zero-order valence-electron chi connectivity index (χ0n) is 20.2. The van der Waals surface area contributed by atoms with Gasteiger partial charge in [0.1, 0.15) is 24.2 Å². The second kappa shape index (κ2) is 15.4. The molecule has 1 rings (SSSR count). The van der Waals surface area contributed by atoms with Crippen LogP contribution in [0.5, 0.6) is 0 Å². The summed E-state index contributed by atoms with van der Waals surface area (Å²) in [5, 5.41) is 26.2. The number of benzene rings is 1. The molecule has 1 aromatic rings. The Kier molecular flexibility index (Phi) is 13.1. The number of unbranched alkanes of at least 4 members (excludes halogenated alkanes) is 1. The van der Waals surface area contributed by atoms with Crippen LogP contribution in [0.1, 0.15) is 38.2 Å². The van der Waals surface area contributed by atoms with Crippen molar-refractivity contribution in [1.82, 2.24) is 16.0 Å². The number of rotatable bonds is 16. The molecule has 200 valence electrons. The predicted molar refractivity (Wildman–Crippen MR) is 130 cm³/mol. The zero-order chi connectivity index (χ0) is 27.3. The van der Waals surface area contributed by atoms with Crippen LogP contribution in [0.2, 0.25) is 0 Å². The highest BCUT2D eigenvalue weighted by Crippen LogP contribution is 2.08. The van der Waals surface area contributed by atoms with Crippen molar-refractivity contribution in [3.8, 4) is 0 Å². The molecule has 5 atom stereocenters. The second-order valence-electron chi connectivity index (χ2n) is 8.43. The topological polar surface area (TPSA) is 240 Å². The Morgan fingerprint density at radius 2 is 1.44 bits per heavy atom. The van der Waals surface area contributed by atoms with E-state index in [1.54, 1.807) is 30.3 Å². The lowest BCUT2D eigenvalue weighted by Crippen LogP contribution is -2.58. The Morgan fingerprint density at radius 1 is 0.889 bits per heavy atom. The third kappa shape index (κ3) is 10.8. The van der Waals surface area contributed by atoms with Crippen LogP contribution >= 0.6 is 0 Å². The van der Waals surface area contributed by atoms with Gasteiger partial charge in [0.25, 0.3) is 0 Å². The molecule has 0 aliphatic rings. The van der Waals surface area contributed by atoms with Crippen molar-refractivity contribution in [3.63, 3.8) is 0 Å². The maximum absolute atomic E-state index is 13.1. The second-order valence-corrected chi connectivity index (χ2v) is 8.43. The summed E-state index contributed by atoms with van der Waals surface area (Å²) in [5.41, 5.74) is 16.9. The molecule has 0 radical (unpaired) electrons. The van der Waals surface area contributed by atoms with E-state index < -0.39 is 66.3 Å². The van der Waals surface area contributed by atoms with Crippen LogP contribution in [0.25, 0.3) is 0 Å². The summed E-state index contributed by atoms with van der Waals surface area (Å²) in [7, 11) is 0. The fourth-order valence-corrected chi connectivity index (χ4v) is 3.25. The highest BCUT2D eigenvalue weighted by molar-refractivity contribution is 5.95. The molecule has 0 aromatic heterocycles. The Bertz CT molecular complexity index is 896. The van der Waals surface area contributed by atoms with Crippen LogP contribution < -0.4 is 33.2 Å². The van der Waals surface area contributed by atoms with Crippen LogP contribution in [0.15, 0.2) is 30.3 Å². The molecule has 0 saturated carbocycles. The van der Waals surface area contributed by atoms with E-state index in [-0.39, 0.29) is 12.8 Å². The Balaban J connectivity index is 3.13. The molecule has 0 aliphatic heterocycles. The van der Waals surface area contributed by atoms with E-state index in [1.165, 1.54) is 6.92 Å². The van der Waals surface area contributed by atoms with Gasteiger partial charge in [-0.15, -0.1) is 0 Å². The van der Waals surface area contributed by atoms with Crippen molar-refractivity contribution in [2.24, 2.45) is 17.2 Å². The minimum Gasteiger partial charge on any atom is -0.480 e. The van der Waals surface area contributed by atoms with Gasteiger partial charge in [-0.2, -0.15) is 0 Å². The van der Waals surface area contributed by atoms with Gasteiger partial charge in [-0.05, 0) is 38.3 Å². The standard InChI is InChI=1S/C23H36N6O7/c1-13(30)19(26)22(34)27-15(9-5-6-10-24)20(32)28-16(11-14-7-3-2-4-8-14)21(33)29-17(23(35)36)12-18(25)31/h2-4,7-8,13,15-17,19,30H,5-6,9-12,24,26H2,1H3,(H2,25,31)(H,27,34)(H,28,32)(H,29,33)(H,35,36). The van der Waals surface area contributed by atoms with E-state index in [2.05, 4.69) is 16.0 Å². The van der Waals surface area contributed by atoms with Gasteiger partial charge in [0.05, 0.1) is 12.5 Å². The molecule has 0 spiro atoms. The number of aliphatic hydroxyl groups excluding tert-OH is 1. The molecule has 5 unspecified atom stereocenters. The average molecular weight is 509 g/mol. The molecular formula is C23H36N6O7. The molecule has 11 N–H and O–H groups in total. The monoisotopic (exact) mass is 508 g/mol. The Labute approximate surface area is 209 Å². The van der Waals surface area contributed by atoms with Gasteiger partial charge < -0.3 is 43.4 Å². The van der Waals surface area contributed by atoms with Crippen LogP contribution in [-0.4, -0.2) is 76.6 Å². The van der Waals surface area contributed by atoms with Crippen LogP contribution in [0.4, 0.5) is 0 Å². The number of carboxylic acids is 1. The highest BCUT2D eigenvalue weighted by Gasteiger charge is 2.31. The van der Waals surface area contributed by atoms with Crippen molar-refractivity contribution in [3.05, 3.63) is 35.9 Å². The fraction of sp³-hybridized carbons (Fsp3) is 0.522. The Morgan fingerprint density at radius 3 is 1.97 bits per heavy atom. The van der Waals surface area contributed by atoms with Gasteiger partial charge in [-0.3, -0.25) is 19.2 Å². The number of carbonyl (C=O) groups excluding carboxylic acids is 4. The van der Waals surface area contributed by atoms with Gasteiger partial charge >= 0.3 is 5.97 Å². The number of carbonyl (C=O) groups is 5. The van der Waals surface area contributed by atoms with Gasteiger partial charge in [0.2, 0.25) is 23.6 Å². The quantitative estimate of drug-likeness (QED) is 0.110. The van der Waals surface area contributed by atoms with E-state index in [4.69, 9.17) is 17.2 Å². The van der Waals surface area contributed by atoms with Crippen molar-refractivity contribution < 1.29 is 34.2 Å². The minimum absolute atomic E-state index is 0.00201. The number of nitrogens with one attached hydrogen (secondary N) is 3. The normalized spacial score (nSPS) is 15.0. The first kappa shape index (κ1) is 30.5. The third-order valence-corrected chi connectivity index (χ3v) is 5.34. The smallest absolute Gasteiger partial charge is 0.326 e. The van der Waals surface area contributed by atoms with Crippen molar-refractivity contribution in [1.29, 1.82) is 0 Å². The minimum atomic E-state index is -1.59. The maximum atomic E-state index is 13.1. The lowest BCUT2D eigenvalue weighted by molar-refractivity contribution is -0.143. The largest absolute Gasteiger partial charge is 0.480 e. The molecule has 0 bridgehead atoms. The number of nitrogens with two attached hydrogens (primary N) is 3. The third-order valence-electron chi connectivity index (χ3n) is 5.34. The number of carboxylic acid groups (broad SMARTS) is 1. The molecule has 1 aromatic carbocycles. The average Bonchev–Trinajstić information content (AvgIpc) is 2.82. The number of aliphatic carboxylic acids is 1. The maximum Gasteiger partial charge on any atom is 0.326 e. The molecule has 0 aliphatic carbocycles. The zero-order valence-corrected chi connectivity index (χ0v) is 20.2. The summed E-state index contributed by atoms with van der Waals surface area (Å²) in [6, 6.07) is 3.45. The summed E-state index contributed by atoms with van der Waals surface area (Å²) >= 11 is 0. The highest BCUT2D eigenvalue weighted by atomic mass is 16.4. The SMILES string of the molecule is CC(O)C(N)C(=O)NC(CCCCN)C(=O)NC(Cc1ccccc1)C(=O)NC(CC(N)=O)C(=O)O. The Hall–Kier alpha value is -3.55. The van der Waals surface area contributed by atoms with Crippen molar-refractivity contribution in [2.75, 3.05) is 6.54 Å². The molecule has 0 fully saturated rings. The van der Waals surface area contributed by atoms with Gasteiger partial charge in [0.15, 0.2) is 0 Å². The first-order valence-electron chi connectivity index (χ1n) is 11.6. The molecule has 36 heavy (non-hydrogen) atoms. The number of hydrogen-bond donors (Lipinski definition) is 8. The predicted octanol–water partition coefficient (Wildman–Crippen LogP) is -2.52. The fourth-order valence-electron chi connectivity index (χ4n) is 3.25. The molecule has 13 nitrogen and oxygen atoms in total. The first-order valence-corrected chi connectivity index (χ1v) is 11.6. The number of aliphatic hydroxyl groups is 1. The van der Waals surface area contributed by atoms with Crippen molar-refractivity contribution >= 4 is 29.6 Å². The van der Waals surface area contributed by atoms with Crippen LogP contribution in [0, 0.1) is 0 Å². The molecule has 0 saturated heterocycles. The lowest BCUT2D eigenvalue weighted by atomic mass is 10.0. The summed E-state index contributed by atoms with van der Waals surface area (Å²) < 4.78 is 0.